The van der Waals surface area contributed by atoms with Crippen LogP contribution in [0.5, 0.6) is 0 Å². The number of thiol groups is 1. The van der Waals surface area contributed by atoms with Crippen LogP contribution >= 0.6 is 12.6 Å². The van der Waals surface area contributed by atoms with Gasteiger partial charge in [0.05, 0.1) is 0 Å². The molecule has 0 bridgehead atoms. The van der Waals surface area contributed by atoms with E-state index in [-0.39, 0.29) is 0 Å². The van der Waals surface area contributed by atoms with Gasteiger partial charge in [0, 0.05) is 11.8 Å². The Kier molecular flexibility index (Phi) is 3.29. The van der Waals surface area contributed by atoms with E-state index in [4.69, 9.17) is 0 Å². The second-order valence-electron chi connectivity index (χ2n) is 2.29. The lowest BCUT2D eigenvalue weighted by atomic mass is 10.2. The van der Waals surface area contributed by atoms with E-state index < -0.39 is 11.6 Å². The van der Waals surface area contributed by atoms with Crippen LogP contribution in [0.1, 0.15) is 5.56 Å². The van der Waals surface area contributed by atoms with Gasteiger partial charge in [-0.05, 0) is 17.7 Å². The monoisotopic (exact) mass is 186 g/mol. The molecule has 3 heteroatoms. The van der Waals surface area contributed by atoms with E-state index in [1.807, 2.05) is 0 Å². The summed E-state index contributed by atoms with van der Waals surface area (Å²) in [7, 11) is 0. The van der Waals surface area contributed by atoms with Gasteiger partial charge in [-0.2, -0.15) is 12.6 Å². The highest BCUT2D eigenvalue weighted by Gasteiger charge is 1.96. The maximum absolute atomic E-state index is 12.6. The highest BCUT2D eigenvalue weighted by atomic mass is 32.1. The fraction of sp³-hybridized carbons (Fsp3) is 0.111. The third kappa shape index (κ3) is 2.66. The van der Waals surface area contributed by atoms with Crippen LogP contribution in [0.4, 0.5) is 8.78 Å². The van der Waals surface area contributed by atoms with E-state index >= 15 is 0 Å². The first-order chi connectivity index (χ1) is 5.72. The largest absolute Gasteiger partial charge is 0.207 e. The first-order valence-electron chi connectivity index (χ1n) is 3.46. The summed E-state index contributed by atoms with van der Waals surface area (Å²) in [5.74, 6) is -0.569. The molecule has 0 N–H and O–H groups in total. The van der Waals surface area contributed by atoms with Gasteiger partial charge < -0.3 is 0 Å². The standard InChI is InChI=1S/C9H8F2S/c10-8-4-7(2-1-3-12)5-9(11)6-8/h1-2,4-6,12H,3H2. The minimum absolute atomic E-state index is 0.515. The van der Waals surface area contributed by atoms with Crippen molar-refractivity contribution in [1.29, 1.82) is 0 Å². The molecule has 0 spiro atoms. The molecule has 1 aromatic carbocycles. The molecule has 12 heavy (non-hydrogen) atoms. The Hall–Kier alpha value is -0.830. The fourth-order valence-corrected chi connectivity index (χ4v) is 0.966. The Labute approximate surface area is 75.3 Å². The summed E-state index contributed by atoms with van der Waals surface area (Å²) in [6, 6.07) is 3.38. The van der Waals surface area contributed by atoms with Gasteiger partial charge in [-0.15, -0.1) is 0 Å². The molecule has 0 aliphatic rings. The summed E-state index contributed by atoms with van der Waals surface area (Å²) in [5.41, 5.74) is 0.515. The van der Waals surface area contributed by atoms with Crippen molar-refractivity contribution in [2.24, 2.45) is 0 Å². The Morgan fingerprint density at radius 2 is 1.75 bits per heavy atom. The van der Waals surface area contributed by atoms with Crippen molar-refractivity contribution in [3.8, 4) is 0 Å². The zero-order chi connectivity index (χ0) is 8.97. The molecule has 0 aliphatic carbocycles. The molecule has 1 rings (SSSR count). The van der Waals surface area contributed by atoms with Crippen LogP contribution in [0.25, 0.3) is 6.08 Å². The van der Waals surface area contributed by atoms with E-state index in [0.29, 0.717) is 11.3 Å². The molecule has 0 amide bonds. The third-order valence-electron chi connectivity index (χ3n) is 1.30. The van der Waals surface area contributed by atoms with Gasteiger partial charge in [0.25, 0.3) is 0 Å². The maximum Gasteiger partial charge on any atom is 0.126 e. The van der Waals surface area contributed by atoms with Gasteiger partial charge in [-0.25, -0.2) is 8.78 Å². The average Bonchev–Trinajstić information content (AvgIpc) is 1.99. The normalized spacial score (nSPS) is 10.9. The van der Waals surface area contributed by atoms with E-state index in [1.165, 1.54) is 12.1 Å². The molecule has 1 aromatic rings. The fourth-order valence-electron chi connectivity index (χ4n) is 0.860. The van der Waals surface area contributed by atoms with Crippen LogP contribution < -0.4 is 0 Å². The molecule has 0 nitrogen and oxygen atoms in total. The smallest absolute Gasteiger partial charge is 0.126 e. The topological polar surface area (TPSA) is 0 Å². The van der Waals surface area contributed by atoms with E-state index in [1.54, 1.807) is 12.2 Å². The van der Waals surface area contributed by atoms with Crippen molar-refractivity contribution >= 4 is 18.7 Å². The van der Waals surface area contributed by atoms with Gasteiger partial charge in [0.15, 0.2) is 0 Å². The molecular weight excluding hydrogens is 178 g/mol. The minimum Gasteiger partial charge on any atom is -0.207 e. The summed E-state index contributed by atoms with van der Waals surface area (Å²) in [4.78, 5) is 0. The number of hydrogen-bond acceptors (Lipinski definition) is 1. The molecule has 0 heterocycles. The molecule has 64 valence electrons. The van der Waals surface area contributed by atoms with Crippen LogP contribution in [0, 0.1) is 11.6 Å². The summed E-state index contributed by atoms with van der Waals surface area (Å²) in [6.07, 6.45) is 3.34. The summed E-state index contributed by atoms with van der Waals surface area (Å²) >= 11 is 3.93. The van der Waals surface area contributed by atoms with Gasteiger partial charge in [-0.1, -0.05) is 12.2 Å². The van der Waals surface area contributed by atoms with E-state index in [2.05, 4.69) is 12.6 Å². The minimum atomic E-state index is -0.561. The first kappa shape index (κ1) is 9.26. The van der Waals surface area contributed by atoms with E-state index in [9.17, 15) is 8.78 Å². The lowest BCUT2D eigenvalue weighted by Gasteiger charge is -1.94. The summed E-state index contributed by atoms with van der Waals surface area (Å²) < 4.78 is 25.1. The number of rotatable bonds is 2. The SMILES string of the molecule is Fc1cc(F)cc(C=CCS)c1. The Morgan fingerprint density at radius 3 is 2.25 bits per heavy atom. The quantitative estimate of drug-likeness (QED) is 0.674. The predicted octanol–water partition coefficient (Wildman–Crippen LogP) is 2.91. The Morgan fingerprint density at radius 1 is 1.17 bits per heavy atom. The zero-order valence-electron chi connectivity index (χ0n) is 6.30. The van der Waals surface area contributed by atoms with Crippen LogP contribution in [0.15, 0.2) is 24.3 Å². The molecule has 0 unspecified atom stereocenters. The number of benzene rings is 1. The molecule has 0 radical (unpaired) electrons. The molecule has 0 aliphatic heterocycles. The van der Waals surface area contributed by atoms with Crippen molar-refractivity contribution in [2.45, 2.75) is 0 Å². The average molecular weight is 186 g/mol. The van der Waals surface area contributed by atoms with Crippen LogP contribution in [-0.2, 0) is 0 Å². The molecule has 0 fully saturated rings. The Bertz CT molecular complexity index is 274. The zero-order valence-corrected chi connectivity index (χ0v) is 7.19. The van der Waals surface area contributed by atoms with Gasteiger partial charge in [0.2, 0.25) is 0 Å². The van der Waals surface area contributed by atoms with Crippen molar-refractivity contribution in [1.82, 2.24) is 0 Å². The second kappa shape index (κ2) is 4.26. The molecular formula is C9H8F2S. The third-order valence-corrected chi connectivity index (χ3v) is 1.51. The number of hydrogen-bond donors (Lipinski definition) is 1. The predicted molar refractivity (Wildman–Crippen MR) is 49.2 cm³/mol. The summed E-state index contributed by atoms with van der Waals surface area (Å²) in [6.45, 7) is 0. The lowest BCUT2D eigenvalue weighted by Crippen LogP contribution is -1.81. The second-order valence-corrected chi connectivity index (χ2v) is 2.65. The van der Waals surface area contributed by atoms with Crippen LogP contribution in [0.2, 0.25) is 0 Å². The van der Waals surface area contributed by atoms with Crippen LogP contribution in [0.3, 0.4) is 0 Å². The van der Waals surface area contributed by atoms with E-state index in [0.717, 1.165) is 6.07 Å². The van der Waals surface area contributed by atoms with Gasteiger partial charge in [0.1, 0.15) is 11.6 Å². The van der Waals surface area contributed by atoms with Crippen molar-refractivity contribution in [3.63, 3.8) is 0 Å². The Balaban J connectivity index is 2.93. The molecule has 0 saturated carbocycles. The van der Waals surface area contributed by atoms with Crippen LogP contribution in [-0.4, -0.2) is 5.75 Å². The molecule has 0 saturated heterocycles. The molecule has 0 atom stereocenters. The van der Waals surface area contributed by atoms with Crippen molar-refractivity contribution in [3.05, 3.63) is 41.5 Å². The lowest BCUT2D eigenvalue weighted by molar-refractivity contribution is 0.583. The van der Waals surface area contributed by atoms with Crippen molar-refractivity contribution < 1.29 is 8.78 Å². The van der Waals surface area contributed by atoms with Crippen molar-refractivity contribution in [2.75, 3.05) is 5.75 Å². The summed E-state index contributed by atoms with van der Waals surface area (Å²) in [5, 5.41) is 0. The van der Waals surface area contributed by atoms with Gasteiger partial charge in [-0.3, -0.25) is 0 Å². The molecule has 0 aromatic heterocycles. The number of halogens is 2. The van der Waals surface area contributed by atoms with Gasteiger partial charge >= 0.3 is 0 Å². The highest BCUT2D eigenvalue weighted by Crippen LogP contribution is 2.09. The maximum atomic E-state index is 12.6. The first-order valence-corrected chi connectivity index (χ1v) is 4.09. The highest BCUT2D eigenvalue weighted by molar-refractivity contribution is 7.80.